The summed E-state index contributed by atoms with van der Waals surface area (Å²) in [5, 5.41) is 182. The third-order valence-electron chi connectivity index (χ3n) is 14.5. The van der Waals surface area contributed by atoms with Crippen LogP contribution >= 0.6 is 0 Å². The maximum atomic E-state index is 14.0. The number of hydrogen-bond donors (Lipinski definition) is 17. The highest BCUT2D eigenvalue weighted by Gasteiger charge is 2.50. The SMILES string of the molecule is O=C(C=Cc1ccc(O)cc1)OC[C@H]1O[C@@H](Oc2cc(-c3oc4cc(O[C@@H]5O[C@H](CO)[C@@H](O)[C@H](O)[C@H]5O)cc(=O)c-4cc3O[C@@H]3O[C@H](CO)[C@@H](O)[C@H](O)[C@H]3O)cc(O[C@@H]3O[C@H](COC(=O)C=Cc4ccc(O)cc4)[C@@H](O)[C@H](O)[C@H]3O)c2O)[C@H](O)[C@@H](O)[C@@H]1O. The van der Waals surface area contributed by atoms with Crippen LogP contribution in [0.15, 0.2) is 100 Å². The first kappa shape index (κ1) is 64.9. The van der Waals surface area contributed by atoms with E-state index in [-0.39, 0.29) is 17.1 Å². The summed E-state index contributed by atoms with van der Waals surface area (Å²) in [6, 6.07) is 16.0. The molecule has 4 saturated heterocycles. The van der Waals surface area contributed by atoms with Crippen LogP contribution < -0.4 is 24.4 Å². The molecule has 0 aromatic heterocycles. The number of aliphatic hydroxyl groups excluding tert-OH is 14. The Hall–Kier alpha value is -7.61. The lowest BCUT2D eigenvalue weighted by atomic mass is 9.99. The molecule has 0 radical (unpaired) electrons. The van der Waals surface area contributed by atoms with Gasteiger partial charge in [0.05, 0.1) is 18.8 Å². The zero-order chi connectivity index (χ0) is 63.4. The van der Waals surface area contributed by atoms with Crippen LogP contribution in [0.3, 0.4) is 0 Å². The lowest BCUT2D eigenvalue weighted by molar-refractivity contribution is -0.279. The third kappa shape index (κ3) is 14.4. The van der Waals surface area contributed by atoms with Crippen LogP contribution in [-0.2, 0) is 38.0 Å². The monoisotopic (exact) mass is 1240 g/mol. The van der Waals surface area contributed by atoms with E-state index in [0.29, 0.717) is 11.1 Å². The number of carbonyl (C=O) groups is 2. The minimum Gasteiger partial charge on any atom is -0.508 e. The Labute approximate surface area is 495 Å². The van der Waals surface area contributed by atoms with Gasteiger partial charge in [0.15, 0.2) is 28.4 Å². The number of phenolic OH excluding ortho intramolecular Hbond substituents is 3. The van der Waals surface area contributed by atoms with Crippen molar-refractivity contribution < 1.29 is 148 Å². The molecule has 5 heterocycles. The summed E-state index contributed by atoms with van der Waals surface area (Å²) in [4.78, 5) is 39.5. The summed E-state index contributed by atoms with van der Waals surface area (Å²) >= 11 is 0. The van der Waals surface area contributed by atoms with Crippen molar-refractivity contribution in [1.29, 1.82) is 0 Å². The molecule has 0 bridgehead atoms. The molecule has 1 aliphatic carbocycles. The van der Waals surface area contributed by atoms with E-state index in [2.05, 4.69) is 0 Å². The Balaban J connectivity index is 1.10. The molecule has 3 aromatic carbocycles. The lowest BCUT2D eigenvalue weighted by Gasteiger charge is -2.40. The Morgan fingerprint density at radius 1 is 0.443 bits per heavy atom. The minimum atomic E-state index is -2.21. The average Bonchev–Trinajstić information content (AvgIpc) is 1.49. The molecule has 17 N–H and O–H groups in total. The van der Waals surface area contributed by atoms with Crippen molar-refractivity contribution in [2.75, 3.05) is 26.4 Å². The van der Waals surface area contributed by atoms with Crippen molar-refractivity contribution in [2.45, 2.75) is 123 Å². The van der Waals surface area contributed by atoms with Gasteiger partial charge in [-0.15, -0.1) is 0 Å². The summed E-state index contributed by atoms with van der Waals surface area (Å²) < 4.78 is 63.1. The van der Waals surface area contributed by atoms with Crippen LogP contribution in [0, 0.1) is 0 Å². The van der Waals surface area contributed by atoms with Crippen molar-refractivity contribution in [3.05, 3.63) is 112 Å². The predicted molar refractivity (Wildman–Crippen MR) is 288 cm³/mol. The number of rotatable bonds is 19. The van der Waals surface area contributed by atoms with Gasteiger partial charge in [-0.05, 0) is 65.7 Å². The van der Waals surface area contributed by atoms with E-state index < -0.39 is 212 Å². The van der Waals surface area contributed by atoms with Crippen LogP contribution in [0.1, 0.15) is 11.1 Å². The molecule has 88 heavy (non-hydrogen) atoms. The van der Waals surface area contributed by atoms with Gasteiger partial charge in [0.2, 0.25) is 30.9 Å². The van der Waals surface area contributed by atoms with Crippen LogP contribution in [-0.4, -0.2) is 248 Å². The summed E-state index contributed by atoms with van der Waals surface area (Å²) in [7, 11) is 0. The molecule has 20 atom stereocenters. The number of hydrogen-bond acceptors (Lipinski definition) is 31. The molecule has 0 spiro atoms. The first-order chi connectivity index (χ1) is 41.9. The summed E-state index contributed by atoms with van der Waals surface area (Å²) in [5.74, 6) is -6.98. The van der Waals surface area contributed by atoms with Gasteiger partial charge in [0.25, 0.3) is 0 Å². The van der Waals surface area contributed by atoms with E-state index in [4.69, 9.17) is 51.8 Å². The van der Waals surface area contributed by atoms with Gasteiger partial charge in [-0.2, -0.15) is 0 Å². The van der Waals surface area contributed by atoms with Crippen molar-refractivity contribution in [3.8, 4) is 62.9 Å². The number of benzene rings is 4. The van der Waals surface area contributed by atoms with Gasteiger partial charge in [0, 0.05) is 29.8 Å². The highest BCUT2D eigenvalue weighted by molar-refractivity contribution is 5.87. The highest BCUT2D eigenvalue weighted by atomic mass is 16.7. The number of aromatic hydroxyl groups is 3. The topological polar surface area (TPSA) is 501 Å². The zero-order valence-electron chi connectivity index (χ0n) is 45.5. The van der Waals surface area contributed by atoms with Gasteiger partial charge < -0.3 is 139 Å². The molecule has 5 aliphatic heterocycles. The number of aliphatic hydroxyl groups is 14. The quantitative estimate of drug-likeness (QED) is 0.0275. The number of esters is 2. The lowest BCUT2D eigenvalue weighted by Crippen LogP contribution is -2.60. The fourth-order valence-electron chi connectivity index (χ4n) is 9.48. The Kier molecular flexibility index (Phi) is 20.5. The fourth-order valence-corrected chi connectivity index (χ4v) is 9.48. The van der Waals surface area contributed by atoms with Crippen molar-refractivity contribution >= 4 is 24.1 Å². The van der Waals surface area contributed by atoms with Gasteiger partial charge in [-0.3, -0.25) is 4.79 Å². The van der Waals surface area contributed by atoms with E-state index in [0.717, 1.165) is 42.5 Å². The fraction of sp³-hybridized carbons (Fsp3) is 0.421. The molecule has 0 amide bonds. The van der Waals surface area contributed by atoms with Crippen molar-refractivity contribution in [2.24, 2.45) is 0 Å². The Morgan fingerprint density at radius 2 is 0.818 bits per heavy atom. The van der Waals surface area contributed by atoms with E-state index in [1.54, 1.807) is 0 Å². The minimum absolute atomic E-state index is 0.0435. The molecule has 31 heteroatoms. The van der Waals surface area contributed by atoms with Crippen LogP contribution in [0.4, 0.5) is 0 Å². The summed E-state index contributed by atoms with van der Waals surface area (Å²) in [5.41, 5.74) is -0.812. The van der Waals surface area contributed by atoms with Crippen LogP contribution in [0.2, 0.25) is 0 Å². The number of phenols is 3. The molecule has 0 saturated carbocycles. The second-order valence-corrected chi connectivity index (χ2v) is 20.6. The van der Waals surface area contributed by atoms with Gasteiger partial charge in [-0.25, -0.2) is 9.59 Å². The standard InChI is InChI=1S/C57H62O31/c58-18-34-41(66)45(70)49(74)54(85-34)80-27-15-29(62)28-17-33(84-57-50(75)46(71)42(67)35(19-59)86-57)53(81-30(28)16-27)24-13-31(82-55-51(76)47(72)43(68)36(87-55)20-78-38(63)11-5-22-1-7-25(60)8-2-22)40(65)32(14-24)83-56-52(77)48(73)44(69)37(88-56)21-79-39(64)12-6-23-3-9-26(61)10-4-23/h1-17,34-37,41-52,54-61,65-77H,18-21H2/t34-,35-,36-,37-,41-,42-,43-,44-,45+,46+,47+,48+,49-,50-,51-,52-,54-,55-,56-,57-/m1/s1. The Bertz CT molecular complexity index is 3150. The van der Waals surface area contributed by atoms with E-state index >= 15 is 0 Å². The Morgan fingerprint density at radius 3 is 1.23 bits per heavy atom. The largest absolute Gasteiger partial charge is 0.508 e. The third-order valence-corrected chi connectivity index (χ3v) is 14.5. The van der Waals surface area contributed by atoms with Crippen LogP contribution in [0.5, 0.6) is 40.2 Å². The normalized spacial score (nSPS) is 32.6. The first-order valence-corrected chi connectivity index (χ1v) is 26.9. The maximum Gasteiger partial charge on any atom is 0.330 e. The smallest absolute Gasteiger partial charge is 0.330 e. The predicted octanol–water partition coefficient (Wildman–Crippen LogP) is -4.23. The summed E-state index contributed by atoms with van der Waals surface area (Å²) in [6.45, 7) is -3.41. The molecule has 31 nitrogen and oxygen atoms in total. The number of ether oxygens (including phenoxy) is 10. The number of carbonyl (C=O) groups excluding carboxylic acids is 2. The molecule has 6 aliphatic rings. The average molecular weight is 1240 g/mol. The molecular weight excluding hydrogens is 1180 g/mol. The zero-order valence-corrected chi connectivity index (χ0v) is 45.5. The van der Waals surface area contributed by atoms with E-state index in [1.165, 1.54) is 60.7 Å². The molecule has 4 fully saturated rings. The van der Waals surface area contributed by atoms with Gasteiger partial charge >= 0.3 is 11.9 Å². The second-order valence-electron chi connectivity index (χ2n) is 20.6. The molecule has 9 rings (SSSR count). The highest BCUT2D eigenvalue weighted by Crippen LogP contribution is 2.47. The van der Waals surface area contributed by atoms with Gasteiger partial charge in [0.1, 0.15) is 134 Å². The van der Waals surface area contributed by atoms with Crippen molar-refractivity contribution in [3.63, 3.8) is 0 Å². The molecular formula is C57H62O31. The van der Waals surface area contributed by atoms with E-state index in [1.807, 2.05) is 0 Å². The maximum absolute atomic E-state index is 14.0. The second kappa shape index (κ2) is 27.8. The van der Waals surface area contributed by atoms with E-state index in [9.17, 15) is 101 Å². The summed E-state index contributed by atoms with van der Waals surface area (Å²) in [6.07, 6.45) is -34.4. The molecule has 0 unspecified atom stereocenters. The first-order valence-electron chi connectivity index (χ1n) is 26.9. The van der Waals surface area contributed by atoms with Crippen molar-refractivity contribution in [1.82, 2.24) is 0 Å². The van der Waals surface area contributed by atoms with Gasteiger partial charge in [-0.1, -0.05) is 24.3 Å². The molecule has 476 valence electrons. The number of fused-ring (bicyclic) bond motifs is 1. The van der Waals surface area contributed by atoms with Crippen LogP contribution in [0.25, 0.3) is 34.8 Å². The molecule has 3 aromatic rings.